The highest BCUT2D eigenvalue weighted by molar-refractivity contribution is 6.43. The number of rotatable bonds is 4. The van der Waals surface area contributed by atoms with Crippen molar-refractivity contribution in [3.05, 3.63) is 39.6 Å². The van der Waals surface area contributed by atoms with Crippen LogP contribution in [-0.2, 0) is 0 Å². The van der Waals surface area contributed by atoms with Gasteiger partial charge in [-0.1, -0.05) is 40.9 Å². The molecule has 1 aliphatic heterocycles. The van der Waals surface area contributed by atoms with Gasteiger partial charge in [-0.25, -0.2) is 4.98 Å². The fraction of sp³-hybridized carbons (Fsp3) is 0.462. The second-order valence-corrected chi connectivity index (χ2v) is 5.59. The second kappa shape index (κ2) is 6.91. The van der Waals surface area contributed by atoms with Crippen LogP contribution in [0.1, 0.15) is 18.0 Å². The van der Waals surface area contributed by atoms with E-state index < -0.39 is 0 Å². The van der Waals surface area contributed by atoms with Crippen LogP contribution in [0.2, 0.25) is 15.2 Å². The standard InChI is InChI=1S/C13H16Cl3N3/c1-2-3-10(19-6-4-17-5-7-19)11-9(14)8-18-13(16)12(11)15/h2,8,10,17H,1,3-7H2/t10-/m1/s1. The molecule has 0 amide bonds. The Labute approximate surface area is 128 Å². The zero-order valence-electron chi connectivity index (χ0n) is 10.5. The molecule has 0 aliphatic carbocycles. The molecule has 104 valence electrons. The lowest BCUT2D eigenvalue weighted by molar-refractivity contribution is 0.174. The van der Waals surface area contributed by atoms with Crippen molar-refractivity contribution in [2.24, 2.45) is 0 Å². The summed E-state index contributed by atoms with van der Waals surface area (Å²) in [6, 6.07) is 0.0973. The number of piperazine rings is 1. The van der Waals surface area contributed by atoms with Crippen molar-refractivity contribution in [1.82, 2.24) is 15.2 Å². The van der Waals surface area contributed by atoms with E-state index in [2.05, 4.69) is 21.8 Å². The number of aromatic nitrogens is 1. The molecule has 0 unspecified atom stereocenters. The third kappa shape index (κ3) is 3.41. The normalized spacial score (nSPS) is 18.3. The lowest BCUT2D eigenvalue weighted by Crippen LogP contribution is -2.45. The first-order chi connectivity index (χ1) is 9.15. The summed E-state index contributed by atoms with van der Waals surface area (Å²) in [6.07, 6.45) is 4.22. The first-order valence-corrected chi connectivity index (χ1v) is 7.33. The molecule has 1 aliphatic rings. The van der Waals surface area contributed by atoms with Crippen molar-refractivity contribution in [2.45, 2.75) is 12.5 Å². The van der Waals surface area contributed by atoms with E-state index in [1.165, 1.54) is 0 Å². The molecule has 0 bridgehead atoms. The molecule has 1 aromatic rings. The van der Waals surface area contributed by atoms with Gasteiger partial charge in [0.25, 0.3) is 0 Å². The van der Waals surface area contributed by atoms with Crippen LogP contribution in [0.15, 0.2) is 18.9 Å². The number of pyridine rings is 1. The molecule has 1 N–H and O–H groups in total. The number of nitrogens with one attached hydrogen (secondary N) is 1. The molecular formula is C13H16Cl3N3. The van der Waals surface area contributed by atoms with Gasteiger partial charge in [-0.05, 0) is 6.42 Å². The van der Waals surface area contributed by atoms with Gasteiger partial charge in [0.05, 0.1) is 10.0 Å². The Morgan fingerprint density at radius 3 is 2.68 bits per heavy atom. The number of hydrogen-bond donors (Lipinski definition) is 1. The predicted octanol–water partition coefficient (Wildman–Crippen LogP) is 3.56. The molecule has 6 heteroatoms. The SMILES string of the molecule is C=CC[C@H](c1c(Cl)cnc(Cl)c1Cl)N1CCNCC1. The van der Waals surface area contributed by atoms with Gasteiger partial charge in [-0.15, -0.1) is 6.58 Å². The van der Waals surface area contributed by atoms with E-state index >= 15 is 0 Å². The molecule has 1 fully saturated rings. The molecule has 2 heterocycles. The van der Waals surface area contributed by atoms with Crippen LogP contribution >= 0.6 is 34.8 Å². The Bertz CT molecular complexity index is 459. The average molecular weight is 321 g/mol. The predicted molar refractivity (Wildman–Crippen MR) is 81.3 cm³/mol. The lowest BCUT2D eigenvalue weighted by atomic mass is 10.0. The van der Waals surface area contributed by atoms with Gasteiger partial charge in [0.1, 0.15) is 5.15 Å². The summed E-state index contributed by atoms with van der Waals surface area (Å²) >= 11 is 18.6. The maximum atomic E-state index is 6.29. The summed E-state index contributed by atoms with van der Waals surface area (Å²) in [5.41, 5.74) is 0.852. The van der Waals surface area contributed by atoms with Gasteiger partial charge in [-0.2, -0.15) is 0 Å². The van der Waals surface area contributed by atoms with Gasteiger partial charge >= 0.3 is 0 Å². The van der Waals surface area contributed by atoms with Crippen LogP contribution in [0, 0.1) is 0 Å². The molecule has 1 saturated heterocycles. The molecule has 1 atom stereocenters. The van der Waals surface area contributed by atoms with Gasteiger partial charge < -0.3 is 5.32 Å². The monoisotopic (exact) mass is 319 g/mol. The van der Waals surface area contributed by atoms with E-state index in [4.69, 9.17) is 34.8 Å². The van der Waals surface area contributed by atoms with Gasteiger partial charge in [0.15, 0.2) is 0 Å². The molecule has 2 rings (SSSR count). The van der Waals surface area contributed by atoms with Crippen LogP contribution in [0.3, 0.4) is 0 Å². The second-order valence-electron chi connectivity index (χ2n) is 4.45. The summed E-state index contributed by atoms with van der Waals surface area (Å²) in [4.78, 5) is 6.32. The van der Waals surface area contributed by atoms with E-state index in [0.29, 0.717) is 15.2 Å². The molecule has 0 radical (unpaired) electrons. The number of nitrogens with zero attached hydrogens (tertiary/aromatic N) is 2. The van der Waals surface area contributed by atoms with E-state index in [1.807, 2.05) is 6.08 Å². The quantitative estimate of drug-likeness (QED) is 0.679. The fourth-order valence-electron chi connectivity index (χ4n) is 2.36. The van der Waals surface area contributed by atoms with Crippen molar-refractivity contribution in [1.29, 1.82) is 0 Å². The molecule has 0 aromatic carbocycles. The van der Waals surface area contributed by atoms with Gasteiger partial charge in [0.2, 0.25) is 0 Å². The largest absolute Gasteiger partial charge is 0.314 e. The summed E-state index contributed by atoms with van der Waals surface area (Å²) in [6.45, 7) is 7.64. The zero-order valence-corrected chi connectivity index (χ0v) is 12.8. The molecule has 0 spiro atoms. The average Bonchev–Trinajstić information content (AvgIpc) is 2.43. The Morgan fingerprint density at radius 2 is 2.05 bits per heavy atom. The maximum absolute atomic E-state index is 6.29. The minimum Gasteiger partial charge on any atom is -0.314 e. The summed E-state index contributed by atoms with van der Waals surface area (Å²) < 4.78 is 0. The Morgan fingerprint density at radius 1 is 1.37 bits per heavy atom. The fourth-order valence-corrected chi connectivity index (χ4v) is 3.11. The number of hydrogen-bond acceptors (Lipinski definition) is 3. The summed E-state index contributed by atoms with van der Waals surface area (Å²) in [7, 11) is 0. The van der Waals surface area contributed by atoms with Gasteiger partial charge in [0, 0.05) is 44.0 Å². The highest BCUT2D eigenvalue weighted by Crippen LogP contribution is 2.38. The van der Waals surface area contributed by atoms with Crippen LogP contribution in [0.5, 0.6) is 0 Å². The molecule has 0 saturated carbocycles. The minimum absolute atomic E-state index is 0.0973. The third-order valence-corrected chi connectivity index (χ3v) is 4.35. The highest BCUT2D eigenvalue weighted by Gasteiger charge is 2.26. The topological polar surface area (TPSA) is 28.2 Å². The smallest absolute Gasteiger partial charge is 0.148 e. The van der Waals surface area contributed by atoms with Crippen LogP contribution in [0.4, 0.5) is 0 Å². The van der Waals surface area contributed by atoms with E-state index in [9.17, 15) is 0 Å². The minimum atomic E-state index is 0.0973. The third-order valence-electron chi connectivity index (χ3n) is 3.28. The van der Waals surface area contributed by atoms with Crippen LogP contribution in [0.25, 0.3) is 0 Å². The van der Waals surface area contributed by atoms with Crippen molar-refractivity contribution in [3.8, 4) is 0 Å². The first kappa shape index (κ1) is 15.1. The first-order valence-electron chi connectivity index (χ1n) is 6.20. The van der Waals surface area contributed by atoms with Crippen LogP contribution in [-0.4, -0.2) is 36.1 Å². The van der Waals surface area contributed by atoms with Crippen LogP contribution < -0.4 is 5.32 Å². The molecule has 19 heavy (non-hydrogen) atoms. The molecular weight excluding hydrogens is 305 g/mol. The van der Waals surface area contributed by atoms with Crippen molar-refractivity contribution < 1.29 is 0 Å². The van der Waals surface area contributed by atoms with E-state index in [1.54, 1.807) is 6.20 Å². The Hall–Kier alpha value is -0.320. The highest BCUT2D eigenvalue weighted by atomic mass is 35.5. The van der Waals surface area contributed by atoms with Crippen molar-refractivity contribution >= 4 is 34.8 Å². The molecule has 1 aromatic heterocycles. The van der Waals surface area contributed by atoms with Gasteiger partial charge in [-0.3, -0.25) is 4.90 Å². The maximum Gasteiger partial charge on any atom is 0.148 e. The van der Waals surface area contributed by atoms with Crippen molar-refractivity contribution in [2.75, 3.05) is 26.2 Å². The number of halogens is 3. The Kier molecular flexibility index (Phi) is 5.48. The summed E-state index contributed by atoms with van der Waals surface area (Å²) in [5.74, 6) is 0. The van der Waals surface area contributed by atoms with Crippen molar-refractivity contribution in [3.63, 3.8) is 0 Å². The molecule has 3 nitrogen and oxygen atoms in total. The zero-order chi connectivity index (χ0) is 13.8. The Balaban J connectivity index is 2.37. The summed E-state index contributed by atoms with van der Waals surface area (Å²) in [5, 5.41) is 4.63. The van der Waals surface area contributed by atoms with E-state index in [0.717, 1.165) is 38.2 Å². The lowest BCUT2D eigenvalue weighted by Gasteiger charge is -2.35. The van der Waals surface area contributed by atoms with E-state index in [-0.39, 0.29) is 6.04 Å².